The lowest BCUT2D eigenvalue weighted by Crippen LogP contribution is -2.01. The average Bonchev–Trinajstić information content (AvgIpc) is 2.93. The van der Waals surface area contributed by atoms with E-state index in [1.165, 1.54) is 0 Å². The number of fused-ring (bicyclic) bond motifs is 1. The molecule has 6 nitrogen and oxygen atoms in total. The zero-order chi connectivity index (χ0) is 17.2. The van der Waals surface area contributed by atoms with Gasteiger partial charge in [0.2, 0.25) is 9.84 Å². The van der Waals surface area contributed by atoms with Crippen LogP contribution in [0.15, 0.2) is 69.6 Å². The SMILES string of the molecule is Cn1cc(S(=O)(=O)c2ccccc2)c2ccc(CCN=[N+]=[N-])cc21. The molecule has 0 saturated carbocycles. The molecule has 0 unspecified atom stereocenters. The Morgan fingerprint density at radius 1 is 1.17 bits per heavy atom. The molecule has 2 aromatic carbocycles. The van der Waals surface area contributed by atoms with Crippen LogP contribution >= 0.6 is 0 Å². The normalized spacial score (nSPS) is 11.4. The first-order valence-corrected chi connectivity index (χ1v) is 8.91. The molecule has 3 rings (SSSR count). The molecule has 122 valence electrons. The molecule has 24 heavy (non-hydrogen) atoms. The van der Waals surface area contributed by atoms with Crippen molar-refractivity contribution in [2.45, 2.75) is 16.2 Å². The van der Waals surface area contributed by atoms with Gasteiger partial charge in [-0.2, -0.15) is 0 Å². The van der Waals surface area contributed by atoms with E-state index in [0.29, 0.717) is 23.2 Å². The number of rotatable bonds is 5. The van der Waals surface area contributed by atoms with Crippen molar-refractivity contribution in [1.29, 1.82) is 0 Å². The second-order valence-corrected chi connectivity index (χ2v) is 7.39. The van der Waals surface area contributed by atoms with Crippen LogP contribution in [0, 0.1) is 0 Å². The van der Waals surface area contributed by atoms with Crippen molar-refractivity contribution in [3.63, 3.8) is 0 Å². The molecule has 1 heterocycles. The van der Waals surface area contributed by atoms with Crippen LogP contribution in [-0.4, -0.2) is 19.5 Å². The Kier molecular flexibility index (Phi) is 4.29. The van der Waals surface area contributed by atoms with Crippen molar-refractivity contribution in [3.8, 4) is 0 Å². The van der Waals surface area contributed by atoms with Gasteiger partial charge in [-0.3, -0.25) is 0 Å². The molecule has 0 saturated heterocycles. The molecule has 0 amide bonds. The van der Waals surface area contributed by atoms with Crippen LogP contribution in [0.1, 0.15) is 5.56 Å². The molecule has 0 atom stereocenters. The second-order valence-electron chi connectivity index (χ2n) is 5.48. The van der Waals surface area contributed by atoms with Gasteiger partial charge in [-0.15, -0.1) is 0 Å². The molecule has 0 aliphatic rings. The summed E-state index contributed by atoms with van der Waals surface area (Å²) in [5, 5.41) is 4.22. The summed E-state index contributed by atoms with van der Waals surface area (Å²) in [5.41, 5.74) is 10.2. The highest BCUT2D eigenvalue weighted by molar-refractivity contribution is 7.91. The van der Waals surface area contributed by atoms with Crippen LogP contribution in [0.5, 0.6) is 0 Å². The maximum absolute atomic E-state index is 12.9. The van der Waals surface area contributed by atoms with E-state index in [4.69, 9.17) is 5.53 Å². The smallest absolute Gasteiger partial charge is 0.208 e. The van der Waals surface area contributed by atoms with Gasteiger partial charge in [0.1, 0.15) is 0 Å². The van der Waals surface area contributed by atoms with Crippen molar-refractivity contribution >= 4 is 20.7 Å². The lowest BCUT2D eigenvalue weighted by atomic mass is 10.1. The molecule has 0 N–H and O–H groups in total. The van der Waals surface area contributed by atoms with E-state index in [2.05, 4.69) is 10.0 Å². The predicted molar refractivity (Wildman–Crippen MR) is 92.5 cm³/mol. The maximum Gasteiger partial charge on any atom is 0.208 e. The first kappa shape index (κ1) is 16.1. The fraction of sp³-hybridized carbons (Fsp3) is 0.176. The molecule has 7 heteroatoms. The van der Waals surface area contributed by atoms with Crippen molar-refractivity contribution < 1.29 is 8.42 Å². The van der Waals surface area contributed by atoms with E-state index >= 15 is 0 Å². The highest BCUT2D eigenvalue weighted by Crippen LogP contribution is 2.30. The molecule has 0 aliphatic heterocycles. The Morgan fingerprint density at radius 3 is 2.62 bits per heavy atom. The van der Waals surface area contributed by atoms with Gasteiger partial charge in [0.15, 0.2) is 0 Å². The summed E-state index contributed by atoms with van der Waals surface area (Å²) in [6.45, 7) is 0.377. The van der Waals surface area contributed by atoms with E-state index in [-0.39, 0.29) is 4.90 Å². The fourth-order valence-electron chi connectivity index (χ4n) is 2.71. The Balaban J connectivity index is 2.09. The summed E-state index contributed by atoms with van der Waals surface area (Å²) in [7, 11) is -1.74. The summed E-state index contributed by atoms with van der Waals surface area (Å²) in [4.78, 5) is 3.32. The third kappa shape index (κ3) is 2.87. The topological polar surface area (TPSA) is 87.8 Å². The molecule has 0 aliphatic carbocycles. The van der Waals surface area contributed by atoms with Crippen molar-refractivity contribution in [2.75, 3.05) is 6.54 Å². The Labute approximate surface area is 139 Å². The average molecular weight is 340 g/mol. The number of hydrogen-bond acceptors (Lipinski definition) is 3. The lowest BCUT2D eigenvalue weighted by Gasteiger charge is -2.04. The van der Waals surface area contributed by atoms with E-state index in [9.17, 15) is 8.42 Å². The molecule has 0 bridgehead atoms. The van der Waals surface area contributed by atoms with Gasteiger partial charge in [0.25, 0.3) is 0 Å². The predicted octanol–water partition coefficient (Wildman–Crippen LogP) is 3.86. The van der Waals surface area contributed by atoms with E-state index in [0.717, 1.165) is 11.1 Å². The summed E-state index contributed by atoms with van der Waals surface area (Å²) in [5.74, 6) is 0. The minimum absolute atomic E-state index is 0.282. The first-order valence-electron chi connectivity index (χ1n) is 7.43. The quantitative estimate of drug-likeness (QED) is 0.401. The third-order valence-electron chi connectivity index (χ3n) is 3.93. The molecular weight excluding hydrogens is 324 g/mol. The largest absolute Gasteiger partial charge is 0.349 e. The van der Waals surface area contributed by atoms with Gasteiger partial charge < -0.3 is 4.57 Å². The minimum atomic E-state index is -3.57. The fourth-order valence-corrected chi connectivity index (χ4v) is 4.24. The highest BCUT2D eigenvalue weighted by atomic mass is 32.2. The summed E-state index contributed by atoms with van der Waals surface area (Å²) >= 11 is 0. The summed E-state index contributed by atoms with van der Waals surface area (Å²) in [6.07, 6.45) is 2.26. The van der Waals surface area contributed by atoms with Crippen LogP contribution in [0.2, 0.25) is 0 Å². The number of hydrogen-bond donors (Lipinski definition) is 0. The molecule has 0 spiro atoms. The number of aryl methyl sites for hydroxylation is 1. The van der Waals surface area contributed by atoms with Crippen LogP contribution in [0.3, 0.4) is 0 Å². The highest BCUT2D eigenvalue weighted by Gasteiger charge is 2.22. The zero-order valence-electron chi connectivity index (χ0n) is 13.1. The Bertz CT molecular complexity index is 1030. The maximum atomic E-state index is 12.9. The van der Waals surface area contributed by atoms with Gasteiger partial charge in [-0.05, 0) is 35.7 Å². The number of benzene rings is 2. The number of aromatic nitrogens is 1. The van der Waals surface area contributed by atoms with Gasteiger partial charge in [-0.1, -0.05) is 35.4 Å². The molecule has 1 aromatic heterocycles. The summed E-state index contributed by atoms with van der Waals surface area (Å²) < 4.78 is 27.6. The van der Waals surface area contributed by atoms with Crippen LogP contribution in [0.25, 0.3) is 21.3 Å². The standard InChI is InChI=1S/C17H16N4O2S/c1-21-12-17(24(22,23)14-5-3-2-4-6-14)15-8-7-13(11-16(15)21)9-10-19-20-18/h2-8,11-12H,9-10H2,1H3. The number of nitrogens with zero attached hydrogens (tertiary/aromatic N) is 4. The number of azide groups is 1. The molecule has 0 radical (unpaired) electrons. The number of sulfone groups is 1. The molecule has 3 aromatic rings. The van der Waals surface area contributed by atoms with Gasteiger partial charge in [0.05, 0.1) is 9.79 Å². The van der Waals surface area contributed by atoms with Crippen LogP contribution in [-0.2, 0) is 23.3 Å². The Hall–Kier alpha value is -2.76. The zero-order valence-corrected chi connectivity index (χ0v) is 13.9. The minimum Gasteiger partial charge on any atom is -0.349 e. The van der Waals surface area contributed by atoms with E-state index in [1.807, 2.05) is 29.8 Å². The second kappa shape index (κ2) is 6.39. The van der Waals surface area contributed by atoms with E-state index < -0.39 is 9.84 Å². The van der Waals surface area contributed by atoms with Gasteiger partial charge in [0, 0.05) is 35.6 Å². The lowest BCUT2D eigenvalue weighted by molar-refractivity contribution is 0.596. The van der Waals surface area contributed by atoms with Gasteiger partial charge in [-0.25, -0.2) is 8.42 Å². The molecule has 0 fully saturated rings. The first-order chi connectivity index (χ1) is 11.5. The third-order valence-corrected chi connectivity index (χ3v) is 5.72. The van der Waals surface area contributed by atoms with Crippen molar-refractivity contribution in [3.05, 3.63) is 70.7 Å². The van der Waals surface area contributed by atoms with Crippen LogP contribution in [0.4, 0.5) is 0 Å². The summed E-state index contributed by atoms with van der Waals surface area (Å²) in [6, 6.07) is 14.0. The van der Waals surface area contributed by atoms with Crippen molar-refractivity contribution in [1.82, 2.24) is 4.57 Å². The van der Waals surface area contributed by atoms with Crippen LogP contribution < -0.4 is 0 Å². The van der Waals surface area contributed by atoms with Gasteiger partial charge >= 0.3 is 0 Å². The molecular formula is C17H16N4O2S. The Morgan fingerprint density at radius 2 is 1.92 bits per heavy atom. The van der Waals surface area contributed by atoms with Crippen molar-refractivity contribution in [2.24, 2.45) is 12.2 Å². The monoisotopic (exact) mass is 340 g/mol. The van der Waals surface area contributed by atoms with E-state index in [1.54, 1.807) is 36.5 Å².